The maximum absolute atomic E-state index is 14.4. The number of halogens is 2. The van der Waals surface area contributed by atoms with E-state index >= 15 is 0 Å². The van der Waals surface area contributed by atoms with Gasteiger partial charge >= 0.3 is 0 Å². The largest absolute Gasteiger partial charge is 0.391 e. The quantitative estimate of drug-likeness (QED) is 0.118. The van der Waals surface area contributed by atoms with Crippen LogP contribution < -0.4 is 10.6 Å². The van der Waals surface area contributed by atoms with Crippen molar-refractivity contribution < 1.29 is 19.4 Å². The van der Waals surface area contributed by atoms with E-state index in [2.05, 4.69) is 6.92 Å². The van der Waals surface area contributed by atoms with Crippen LogP contribution in [0.25, 0.3) is 0 Å². The molecule has 0 spiro atoms. The Bertz CT molecular complexity index is 1170. The summed E-state index contributed by atoms with van der Waals surface area (Å²) in [6, 6.07) is 4.41. The second-order valence-corrected chi connectivity index (χ2v) is 12.7. The van der Waals surface area contributed by atoms with Gasteiger partial charge in [0.25, 0.3) is 5.91 Å². The number of benzene rings is 1. The van der Waals surface area contributed by atoms with Crippen LogP contribution in [0.3, 0.4) is 0 Å². The Hall–Kier alpha value is -2.09. The summed E-state index contributed by atoms with van der Waals surface area (Å²) in [7, 11) is 1.73. The molecule has 2 aromatic rings. The Morgan fingerprint density at radius 3 is 2.10 bits per heavy atom. The molecule has 3 rings (SSSR count). The number of amides is 1. The summed E-state index contributed by atoms with van der Waals surface area (Å²) in [4.78, 5) is 14.2. The molecule has 0 bridgehead atoms. The standard InChI is InChI=1S/C34H53ClFN3O3/c1-5-6-7-8-9-10-11-12-13-14-15-16-22-34(42,31-25(3)30(33(37)41)32(35)38(31)4)39(28-18-17-19-29(28)40)26-20-21-27(36)24(2)23-26/h20-21,23,28-29,40,42H,5-19,22H2,1-4H3,(H2,37,41)/t28-,29+,34?/m1/s1. The van der Waals surface area contributed by atoms with E-state index in [9.17, 15) is 19.4 Å². The van der Waals surface area contributed by atoms with Crippen LogP contribution in [0, 0.1) is 19.7 Å². The SMILES string of the molecule is CCCCCCCCCCCCCCC(O)(c1c(C)c(C(N)=O)c(Cl)n1C)N(c1ccc(F)c(C)c1)[C@@H]1CCC[C@@H]1O. The van der Waals surface area contributed by atoms with Crippen LogP contribution in [0.1, 0.15) is 137 Å². The number of aromatic nitrogens is 1. The predicted octanol–water partition coefficient (Wildman–Crippen LogP) is 8.19. The molecule has 42 heavy (non-hydrogen) atoms. The number of rotatable bonds is 18. The number of nitrogens with zero attached hydrogens (tertiary/aromatic N) is 2. The van der Waals surface area contributed by atoms with Gasteiger partial charge in [0.15, 0.2) is 5.72 Å². The highest BCUT2D eigenvalue weighted by Crippen LogP contribution is 2.45. The summed E-state index contributed by atoms with van der Waals surface area (Å²) in [6.45, 7) is 5.70. The monoisotopic (exact) mass is 605 g/mol. The molecule has 0 radical (unpaired) electrons. The molecule has 6 nitrogen and oxygen atoms in total. The topological polar surface area (TPSA) is 91.7 Å². The average molecular weight is 606 g/mol. The van der Waals surface area contributed by atoms with Gasteiger partial charge in [-0.05, 0) is 68.9 Å². The van der Waals surface area contributed by atoms with Gasteiger partial charge in [-0.3, -0.25) is 4.79 Å². The minimum Gasteiger partial charge on any atom is -0.391 e. The number of primary amides is 1. The second kappa shape index (κ2) is 16.1. The molecule has 236 valence electrons. The van der Waals surface area contributed by atoms with E-state index in [1.54, 1.807) is 37.6 Å². The third-order valence-corrected chi connectivity index (χ3v) is 9.61. The molecule has 8 heteroatoms. The van der Waals surface area contributed by atoms with Gasteiger partial charge in [-0.2, -0.15) is 0 Å². The smallest absolute Gasteiger partial charge is 0.252 e. The van der Waals surface area contributed by atoms with Gasteiger partial charge in [0.2, 0.25) is 0 Å². The van der Waals surface area contributed by atoms with Gasteiger partial charge < -0.3 is 25.4 Å². The molecule has 1 aliphatic carbocycles. The third-order valence-electron chi connectivity index (χ3n) is 9.16. The molecule has 3 atom stereocenters. The molecule has 1 amide bonds. The van der Waals surface area contributed by atoms with E-state index < -0.39 is 17.7 Å². The van der Waals surface area contributed by atoms with Crippen molar-refractivity contribution in [3.05, 3.63) is 51.6 Å². The zero-order valence-corrected chi connectivity index (χ0v) is 27.0. The molecule has 1 aliphatic rings. The van der Waals surface area contributed by atoms with E-state index in [0.717, 1.165) is 32.1 Å². The average Bonchev–Trinajstić information content (AvgIpc) is 3.45. The number of aliphatic hydroxyl groups is 2. The van der Waals surface area contributed by atoms with Crippen molar-refractivity contribution in [1.29, 1.82) is 0 Å². The Morgan fingerprint density at radius 2 is 1.62 bits per heavy atom. The fourth-order valence-corrected chi connectivity index (χ4v) is 7.21. The minimum atomic E-state index is -1.62. The van der Waals surface area contributed by atoms with Gasteiger partial charge in [0, 0.05) is 19.2 Å². The molecule has 1 fully saturated rings. The second-order valence-electron chi connectivity index (χ2n) is 12.4. The lowest BCUT2D eigenvalue weighted by atomic mass is 9.91. The predicted molar refractivity (Wildman–Crippen MR) is 171 cm³/mol. The zero-order chi connectivity index (χ0) is 30.9. The number of aryl methyl sites for hydroxylation is 1. The first kappa shape index (κ1) is 34.4. The Balaban J connectivity index is 1.86. The molecule has 0 saturated heterocycles. The first-order chi connectivity index (χ1) is 20.0. The Labute approximate surface area is 257 Å². The number of nitrogens with two attached hydrogens (primary N) is 1. The normalized spacial score (nSPS) is 18.4. The van der Waals surface area contributed by atoms with E-state index in [0.29, 0.717) is 41.8 Å². The summed E-state index contributed by atoms with van der Waals surface area (Å²) >= 11 is 6.62. The van der Waals surface area contributed by atoms with Crippen molar-refractivity contribution in [1.82, 2.24) is 4.57 Å². The summed E-state index contributed by atoms with van der Waals surface area (Å²) < 4.78 is 16.0. The van der Waals surface area contributed by atoms with Crippen LogP contribution in [-0.4, -0.2) is 32.8 Å². The number of hydrogen-bond acceptors (Lipinski definition) is 4. The first-order valence-electron chi connectivity index (χ1n) is 16.2. The van der Waals surface area contributed by atoms with E-state index in [1.165, 1.54) is 57.4 Å². The molecular weight excluding hydrogens is 553 g/mol. The molecule has 0 aliphatic heterocycles. The molecule has 1 aromatic heterocycles. The molecule has 1 aromatic carbocycles. The summed E-state index contributed by atoms with van der Waals surface area (Å²) in [5, 5.41) is 24.1. The van der Waals surface area contributed by atoms with E-state index in [4.69, 9.17) is 17.3 Å². The summed E-state index contributed by atoms with van der Waals surface area (Å²) in [5.74, 6) is -0.985. The lowest BCUT2D eigenvalue weighted by Crippen LogP contribution is -2.55. The van der Waals surface area contributed by atoms with Crippen LogP contribution in [0.2, 0.25) is 5.15 Å². The first-order valence-corrected chi connectivity index (χ1v) is 16.5. The van der Waals surface area contributed by atoms with Crippen LogP contribution in [0.5, 0.6) is 0 Å². The lowest BCUT2D eigenvalue weighted by Gasteiger charge is -2.47. The van der Waals surface area contributed by atoms with E-state index in [-0.39, 0.29) is 22.6 Å². The van der Waals surface area contributed by atoms with Crippen molar-refractivity contribution in [2.45, 2.75) is 141 Å². The number of hydrogen-bond donors (Lipinski definition) is 3. The van der Waals surface area contributed by atoms with Gasteiger partial charge in [0.1, 0.15) is 11.0 Å². The van der Waals surface area contributed by atoms with Gasteiger partial charge in [-0.15, -0.1) is 0 Å². The number of carbonyl (C=O) groups excluding carboxylic acids is 1. The fraction of sp³-hybridized carbons (Fsp3) is 0.676. The summed E-state index contributed by atoms with van der Waals surface area (Å²) in [5.41, 5.74) is 6.36. The van der Waals surface area contributed by atoms with Crippen molar-refractivity contribution in [2.75, 3.05) is 4.90 Å². The molecule has 4 N–H and O–H groups in total. The molecular formula is C34H53ClFN3O3. The number of anilines is 1. The number of unbranched alkanes of at least 4 members (excludes halogenated alkanes) is 11. The highest BCUT2D eigenvalue weighted by molar-refractivity contribution is 6.33. The molecule has 1 saturated carbocycles. The van der Waals surface area contributed by atoms with Gasteiger partial charge in [0.05, 0.1) is 23.4 Å². The Morgan fingerprint density at radius 1 is 1.05 bits per heavy atom. The lowest BCUT2D eigenvalue weighted by molar-refractivity contribution is -0.00608. The minimum absolute atomic E-state index is 0.172. The highest BCUT2D eigenvalue weighted by Gasteiger charge is 2.47. The zero-order valence-electron chi connectivity index (χ0n) is 26.2. The maximum Gasteiger partial charge on any atom is 0.252 e. The van der Waals surface area contributed by atoms with Crippen molar-refractivity contribution in [3.63, 3.8) is 0 Å². The number of aliphatic hydroxyl groups excluding tert-OH is 1. The van der Waals surface area contributed by atoms with Gasteiger partial charge in [-0.1, -0.05) is 89.2 Å². The van der Waals surface area contributed by atoms with Crippen LogP contribution in [0.15, 0.2) is 18.2 Å². The Kier molecular flexibility index (Phi) is 13.2. The fourth-order valence-electron chi connectivity index (χ4n) is 6.89. The van der Waals surface area contributed by atoms with Crippen LogP contribution >= 0.6 is 11.6 Å². The van der Waals surface area contributed by atoms with Crippen molar-refractivity contribution in [2.24, 2.45) is 12.8 Å². The van der Waals surface area contributed by atoms with Crippen molar-refractivity contribution >= 4 is 23.2 Å². The van der Waals surface area contributed by atoms with Gasteiger partial charge in [-0.25, -0.2) is 4.39 Å². The van der Waals surface area contributed by atoms with E-state index in [1.807, 2.05) is 4.90 Å². The summed E-state index contributed by atoms with van der Waals surface area (Å²) in [6.07, 6.45) is 16.2. The molecule has 1 heterocycles. The maximum atomic E-state index is 14.4. The van der Waals surface area contributed by atoms with Crippen LogP contribution in [-0.2, 0) is 12.8 Å². The van der Waals surface area contributed by atoms with Crippen molar-refractivity contribution in [3.8, 4) is 0 Å². The third kappa shape index (κ3) is 8.09. The number of carbonyl (C=O) groups is 1. The highest BCUT2D eigenvalue weighted by atomic mass is 35.5. The molecule has 1 unspecified atom stereocenters. The van der Waals surface area contributed by atoms with Crippen LogP contribution in [0.4, 0.5) is 10.1 Å².